The third kappa shape index (κ3) is 6.56. The Bertz CT molecular complexity index is 721. The number of nitrogens with one attached hydrogen (secondary N) is 1. The molecule has 0 aliphatic carbocycles. The van der Waals surface area contributed by atoms with E-state index in [2.05, 4.69) is 26.1 Å². The molecule has 2 aromatic carbocycles. The fraction of sp³-hybridized carbons (Fsp3) is 0.333. The number of ether oxygens (including phenoxy) is 1. The molecule has 1 amide bonds. The molecular weight excluding hydrogens is 346 g/mol. The zero-order chi connectivity index (χ0) is 19.0. The van der Waals surface area contributed by atoms with Crippen LogP contribution in [0.1, 0.15) is 36.7 Å². The minimum Gasteiger partial charge on any atom is -0.452 e. The summed E-state index contributed by atoms with van der Waals surface area (Å²) >= 11 is 1.66. The predicted octanol–water partition coefficient (Wildman–Crippen LogP) is 4.05. The van der Waals surface area contributed by atoms with Gasteiger partial charge >= 0.3 is 5.97 Å². The van der Waals surface area contributed by atoms with Gasteiger partial charge in [0.1, 0.15) is 0 Å². The van der Waals surface area contributed by atoms with Crippen LogP contribution in [0.3, 0.4) is 0 Å². The molecule has 0 spiro atoms. The van der Waals surface area contributed by atoms with Crippen LogP contribution in [0.2, 0.25) is 0 Å². The van der Waals surface area contributed by atoms with Crippen LogP contribution in [0.15, 0.2) is 59.5 Å². The van der Waals surface area contributed by atoms with Crippen molar-refractivity contribution in [2.45, 2.75) is 31.1 Å². The number of hydrogen-bond donors (Lipinski definition) is 1. The van der Waals surface area contributed by atoms with Gasteiger partial charge < -0.3 is 10.1 Å². The molecule has 2 rings (SSSR count). The van der Waals surface area contributed by atoms with E-state index < -0.39 is 5.97 Å². The topological polar surface area (TPSA) is 55.4 Å². The first-order valence-electron chi connectivity index (χ1n) is 8.58. The summed E-state index contributed by atoms with van der Waals surface area (Å²) in [5, 5.41) is 2.75. The van der Waals surface area contributed by atoms with Crippen LogP contribution in [-0.4, -0.2) is 30.8 Å². The molecular formula is C21H25NO3S. The molecule has 0 heterocycles. The zero-order valence-electron chi connectivity index (χ0n) is 15.5. The lowest BCUT2D eigenvalue weighted by atomic mass is 9.87. The standard InChI is InChI=1S/C21H25NO3S/c1-21(2,3)17-11-9-16(10-12-17)20(24)25-15-19(23)22-13-14-26-18-7-5-4-6-8-18/h4-12H,13-15H2,1-3H3,(H,22,23). The van der Waals surface area contributed by atoms with Crippen molar-refractivity contribution in [1.29, 1.82) is 0 Å². The summed E-state index contributed by atoms with van der Waals surface area (Å²) < 4.78 is 5.07. The molecule has 0 bridgehead atoms. The summed E-state index contributed by atoms with van der Waals surface area (Å²) in [7, 11) is 0. The zero-order valence-corrected chi connectivity index (χ0v) is 16.3. The highest BCUT2D eigenvalue weighted by Crippen LogP contribution is 2.22. The van der Waals surface area contributed by atoms with Gasteiger partial charge in [-0.3, -0.25) is 4.79 Å². The third-order valence-corrected chi connectivity index (χ3v) is 4.77. The van der Waals surface area contributed by atoms with Crippen molar-refractivity contribution in [2.24, 2.45) is 0 Å². The van der Waals surface area contributed by atoms with Gasteiger partial charge in [0.2, 0.25) is 0 Å². The quantitative estimate of drug-likeness (QED) is 0.453. The largest absolute Gasteiger partial charge is 0.452 e. The van der Waals surface area contributed by atoms with Gasteiger partial charge in [-0.25, -0.2) is 4.79 Å². The Morgan fingerprint density at radius 3 is 2.27 bits per heavy atom. The van der Waals surface area contributed by atoms with E-state index in [1.165, 1.54) is 0 Å². The maximum atomic E-state index is 12.0. The van der Waals surface area contributed by atoms with Gasteiger partial charge in [-0.2, -0.15) is 0 Å². The molecule has 0 saturated carbocycles. The van der Waals surface area contributed by atoms with Gasteiger partial charge in [0, 0.05) is 17.2 Å². The first-order valence-corrected chi connectivity index (χ1v) is 9.57. The second kappa shape index (κ2) is 9.43. The van der Waals surface area contributed by atoms with E-state index in [-0.39, 0.29) is 17.9 Å². The van der Waals surface area contributed by atoms with Crippen molar-refractivity contribution in [3.8, 4) is 0 Å². The lowest BCUT2D eigenvalue weighted by molar-refractivity contribution is -0.124. The first-order chi connectivity index (χ1) is 12.4. The summed E-state index contributed by atoms with van der Waals surface area (Å²) in [6.45, 7) is 6.59. The average molecular weight is 372 g/mol. The van der Waals surface area contributed by atoms with Crippen molar-refractivity contribution in [3.05, 3.63) is 65.7 Å². The lowest BCUT2D eigenvalue weighted by Gasteiger charge is -2.18. The van der Waals surface area contributed by atoms with Crippen molar-refractivity contribution in [2.75, 3.05) is 18.9 Å². The van der Waals surface area contributed by atoms with E-state index >= 15 is 0 Å². The van der Waals surface area contributed by atoms with Gasteiger partial charge in [-0.1, -0.05) is 51.1 Å². The van der Waals surface area contributed by atoms with E-state index in [4.69, 9.17) is 4.74 Å². The number of carbonyl (C=O) groups excluding carboxylic acids is 2. The molecule has 0 saturated heterocycles. The van der Waals surface area contributed by atoms with Gasteiger partial charge in [0.15, 0.2) is 6.61 Å². The van der Waals surface area contributed by atoms with Crippen LogP contribution in [0.5, 0.6) is 0 Å². The van der Waals surface area contributed by atoms with Crippen LogP contribution in [0.25, 0.3) is 0 Å². The van der Waals surface area contributed by atoms with Crippen LogP contribution < -0.4 is 5.32 Å². The molecule has 5 heteroatoms. The Kier molecular flexibility index (Phi) is 7.27. The van der Waals surface area contributed by atoms with E-state index in [0.717, 1.165) is 16.2 Å². The fourth-order valence-electron chi connectivity index (χ4n) is 2.25. The summed E-state index contributed by atoms with van der Waals surface area (Å²) in [6.07, 6.45) is 0. The second-order valence-electron chi connectivity index (χ2n) is 6.91. The van der Waals surface area contributed by atoms with E-state index in [1.54, 1.807) is 23.9 Å². The number of benzene rings is 2. The molecule has 2 aromatic rings. The average Bonchev–Trinajstić information content (AvgIpc) is 2.63. The Labute approximate surface area is 159 Å². The lowest BCUT2D eigenvalue weighted by Crippen LogP contribution is -2.30. The molecule has 0 atom stereocenters. The molecule has 0 unspecified atom stereocenters. The monoisotopic (exact) mass is 371 g/mol. The molecule has 26 heavy (non-hydrogen) atoms. The van der Waals surface area contributed by atoms with Gasteiger partial charge in [-0.15, -0.1) is 11.8 Å². The minimum atomic E-state index is -0.487. The van der Waals surface area contributed by atoms with Crippen molar-refractivity contribution < 1.29 is 14.3 Å². The Morgan fingerprint density at radius 2 is 1.65 bits per heavy atom. The highest BCUT2D eigenvalue weighted by molar-refractivity contribution is 7.99. The maximum Gasteiger partial charge on any atom is 0.338 e. The van der Waals surface area contributed by atoms with Crippen molar-refractivity contribution >= 4 is 23.6 Å². The number of amides is 1. The van der Waals surface area contributed by atoms with Crippen LogP contribution in [0, 0.1) is 0 Å². The summed E-state index contributed by atoms with van der Waals surface area (Å²) in [5.41, 5.74) is 1.62. The summed E-state index contributed by atoms with van der Waals surface area (Å²) in [6, 6.07) is 17.3. The second-order valence-corrected chi connectivity index (χ2v) is 8.08. The Morgan fingerprint density at radius 1 is 1.00 bits per heavy atom. The number of thioether (sulfide) groups is 1. The normalized spacial score (nSPS) is 11.0. The number of rotatable bonds is 7. The molecule has 1 N–H and O–H groups in total. The smallest absolute Gasteiger partial charge is 0.338 e. The molecule has 138 valence electrons. The molecule has 0 aliphatic rings. The van der Waals surface area contributed by atoms with E-state index in [9.17, 15) is 9.59 Å². The Hall–Kier alpha value is -2.27. The first kappa shape index (κ1) is 20.0. The van der Waals surface area contributed by atoms with Gasteiger partial charge in [-0.05, 0) is 35.2 Å². The van der Waals surface area contributed by atoms with Gasteiger partial charge in [0.05, 0.1) is 5.56 Å². The number of carbonyl (C=O) groups is 2. The van der Waals surface area contributed by atoms with Crippen LogP contribution in [-0.2, 0) is 14.9 Å². The van der Waals surface area contributed by atoms with E-state index in [0.29, 0.717) is 12.1 Å². The molecule has 0 aromatic heterocycles. The maximum absolute atomic E-state index is 12.0. The van der Waals surface area contributed by atoms with E-state index in [1.807, 2.05) is 42.5 Å². The minimum absolute atomic E-state index is 0.0279. The fourth-order valence-corrected chi connectivity index (χ4v) is 3.04. The van der Waals surface area contributed by atoms with Crippen LogP contribution in [0.4, 0.5) is 0 Å². The predicted molar refractivity (Wildman–Crippen MR) is 106 cm³/mol. The molecule has 0 radical (unpaired) electrons. The Balaban J connectivity index is 1.69. The molecule has 4 nitrogen and oxygen atoms in total. The number of hydrogen-bond acceptors (Lipinski definition) is 4. The molecule has 0 aliphatic heterocycles. The summed E-state index contributed by atoms with van der Waals surface area (Å²) in [5.74, 6) is -0.0181. The molecule has 0 fully saturated rings. The van der Waals surface area contributed by atoms with Crippen molar-refractivity contribution in [1.82, 2.24) is 5.32 Å². The SMILES string of the molecule is CC(C)(C)c1ccc(C(=O)OCC(=O)NCCSc2ccccc2)cc1. The third-order valence-electron chi connectivity index (χ3n) is 3.76. The summed E-state index contributed by atoms with van der Waals surface area (Å²) in [4.78, 5) is 25.0. The number of esters is 1. The highest BCUT2D eigenvalue weighted by Gasteiger charge is 2.15. The van der Waals surface area contributed by atoms with Crippen molar-refractivity contribution in [3.63, 3.8) is 0 Å². The van der Waals surface area contributed by atoms with Gasteiger partial charge in [0.25, 0.3) is 5.91 Å². The highest BCUT2D eigenvalue weighted by atomic mass is 32.2. The van der Waals surface area contributed by atoms with Crippen LogP contribution >= 0.6 is 11.8 Å².